The van der Waals surface area contributed by atoms with E-state index in [0.717, 1.165) is 35.5 Å². The van der Waals surface area contributed by atoms with Gasteiger partial charge in [0.2, 0.25) is 0 Å². The van der Waals surface area contributed by atoms with Crippen molar-refractivity contribution in [1.82, 2.24) is 10.3 Å². The molecule has 1 aliphatic rings. The van der Waals surface area contributed by atoms with Crippen molar-refractivity contribution in [2.24, 2.45) is 0 Å². The van der Waals surface area contributed by atoms with Crippen molar-refractivity contribution in [1.29, 1.82) is 0 Å². The molecule has 1 saturated carbocycles. The largest absolute Gasteiger partial charge is 0.495 e. The van der Waals surface area contributed by atoms with Gasteiger partial charge in [-0.05, 0) is 43.5 Å². The molecule has 2 N–H and O–H groups in total. The van der Waals surface area contributed by atoms with E-state index in [1.807, 2.05) is 25.1 Å². The van der Waals surface area contributed by atoms with Crippen LogP contribution in [0.3, 0.4) is 0 Å². The number of hydrogen-bond acceptors (Lipinski definition) is 4. The minimum absolute atomic E-state index is 0.0742. The average Bonchev–Trinajstić information content (AvgIpc) is 3.32. The van der Waals surface area contributed by atoms with Gasteiger partial charge in [0, 0.05) is 12.2 Å². The number of benzene rings is 1. The Kier molecular flexibility index (Phi) is 3.96. The van der Waals surface area contributed by atoms with E-state index in [9.17, 15) is 4.79 Å². The third kappa shape index (κ3) is 3.36. The van der Waals surface area contributed by atoms with Crippen LogP contribution in [0, 0.1) is 6.92 Å². The first-order valence-electron chi connectivity index (χ1n) is 7.33. The monoisotopic (exact) mass is 297 g/mol. The first kappa shape index (κ1) is 14.4. The van der Waals surface area contributed by atoms with Gasteiger partial charge in [-0.25, -0.2) is 0 Å². The van der Waals surface area contributed by atoms with Gasteiger partial charge in [0.15, 0.2) is 0 Å². The van der Waals surface area contributed by atoms with E-state index in [-0.39, 0.29) is 5.91 Å². The van der Waals surface area contributed by atoms with Crippen LogP contribution in [-0.2, 0) is 0 Å². The molecule has 1 fully saturated rings. The summed E-state index contributed by atoms with van der Waals surface area (Å²) in [6.07, 6.45) is 5.40. The van der Waals surface area contributed by atoms with Gasteiger partial charge in [0.25, 0.3) is 5.91 Å². The Balaban J connectivity index is 1.80. The van der Waals surface area contributed by atoms with Crippen LogP contribution in [0.4, 0.5) is 11.4 Å². The minimum atomic E-state index is -0.0742. The molecule has 1 aromatic carbocycles. The van der Waals surface area contributed by atoms with Gasteiger partial charge in [0.1, 0.15) is 5.75 Å². The van der Waals surface area contributed by atoms with Crippen LogP contribution < -0.4 is 15.4 Å². The fourth-order valence-electron chi connectivity index (χ4n) is 2.20. The zero-order valence-corrected chi connectivity index (χ0v) is 12.7. The molecule has 5 nitrogen and oxygen atoms in total. The number of ether oxygens (including phenoxy) is 1. The number of aromatic nitrogens is 1. The predicted molar refractivity (Wildman–Crippen MR) is 85.7 cm³/mol. The normalized spacial score (nSPS) is 13.5. The molecule has 0 spiro atoms. The number of amides is 1. The van der Waals surface area contributed by atoms with Crippen LogP contribution in [0.1, 0.15) is 28.8 Å². The fraction of sp³-hybridized carbons (Fsp3) is 0.294. The Bertz CT molecular complexity index is 696. The molecule has 1 amide bonds. The number of nitrogens with one attached hydrogen (secondary N) is 2. The van der Waals surface area contributed by atoms with Gasteiger partial charge in [0.05, 0.1) is 30.2 Å². The molecular formula is C17H19N3O2. The Morgan fingerprint density at radius 2 is 2.09 bits per heavy atom. The minimum Gasteiger partial charge on any atom is -0.495 e. The number of carbonyl (C=O) groups excluding carboxylic acids is 1. The van der Waals surface area contributed by atoms with Crippen molar-refractivity contribution in [2.45, 2.75) is 25.8 Å². The fourth-order valence-corrected chi connectivity index (χ4v) is 2.20. The lowest BCUT2D eigenvalue weighted by atomic mass is 10.2. The van der Waals surface area contributed by atoms with Crippen molar-refractivity contribution in [3.63, 3.8) is 0 Å². The number of hydrogen-bond donors (Lipinski definition) is 2. The summed E-state index contributed by atoms with van der Waals surface area (Å²) < 4.78 is 5.35. The molecule has 0 bridgehead atoms. The van der Waals surface area contributed by atoms with Crippen molar-refractivity contribution < 1.29 is 9.53 Å². The average molecular weight is 297 g/mol. The lowest BCUT2D eigenvalue weighted by Gasteiger charge is -2.12. The lowest BCUT2D eigenvalue weighted by molar-refractivity contribution is 0.0951. The van der Waals surface area contributed by atoms with Crippen molar-refractivity contribution >= 4 is 17.3 Å². The highest BCUT2D eigenvalue weighted by Gasteiger charge is 2.24. The molecule has 3 rings (SSSR count). The van der Waals surface area contributed by atoms with Gasteiger partial charge < -0.3 is 15.4 Å². The van der Waals surface area contributed by atoms with Crippen LogP contribution in [0.25, 0.3) is 0 Å². The second-order valence-electron chi connectivity index (χ2n) is 5.54. The van der Waals surface area contributed by atoms with Crippen molar-refractivity contribution in [3.8, 4) is 5.75 Å². The van der Waals surface area contributed by atoms with E-state index in [1.165, 1.54) is 0 Å². The first-order valence-corrected chi connectivity index (χ1v) is 7.33. The third-order valence-corrected chi connectivity index (χ3v) is 3.55. The van der Waals surface area contributed by atoms with Crippen molar-refractivity contribution in [3.05, 3.63) is 47.8 Å². The summed E-state index contributed by atoms with van der Waals surface area (Å²) in [5.74, 6) is 0.674. The van der Waals surface area contributed by atoms with Gasteiger partial charge in [-0.1, -0.05) is 6.07 Å². The van der Waals surface area contributed by atoms with E-state index in [4.69, 9.17) is 4.74 Å². The number of rotatable bonds is 5. The first-order chi connectivity index (χ1) is 10.7. The standard InChI is InChI=1S/C17H19N3O2/c1-11-3-6-16(22-2)15(7-11)19-14-8-12(9-18-10-14)17(21)20-13-4-5-13/h3,6-10,13,19H,4-5H2,1-2H3,(H,20,21). The Morgan fingerprint density at radius 1 is 1.27 bits per heavy atom. The van der Waals surface area contributed by atoms with Crippen molar-refractivity contribution in [2.75, 3.05) is 12.4 Å². The van der Waals surface area contributed by atoms with E-state index >= 15 is 0 Å². The van der Waals surface area contributed by atoms with Crippen LogP contribution in [-0.4, -0.2) is 24.0 Å². The number of pyridine rings is 1. The second-order valence-corrected chi connectivity index (χ2v) is 5.54. The highest BCUT2D eigenvalue weighted by atomic mass is 16.5. The molecule has 0 saturated heterocycles. The molecule has 22 heavy (non-hydrogen) atoms. The molecule has 0 radical (unpaired) electrons. The predicted octanol–water partition coefficient (Wildman–Crippen LogP) is 3.03. The van der Waals surface area contributed by atoms with Gasteiger partial charge in [-0.3, -0.25) is 9.78 Å². The zero-order valence-electron chi connectivity index (χ0n) is 12.7. The maximum absolute atomic E-state index is 12.1. The molecule has 0 aliphatic heterocycles. The highest BCUT2D eigenvalue weighted by molar-refractivity contribution is 5.95. The topological polar surface area (TPSA) is 63.2 Å². The van der Waals surface area contributed by atoms with Crippen LogP contribution in [0.5, 0.6) is 5.75 Å². The Hall–Kier alpha value is -2.56. The SMILES string of the molecule is COc1ccc(C)cc1Nc1cncc(C(=O)NC2CC2)c1. The summed E-state index contributed by atoms with van der Waals surface area (Å²) in [5.41, 5.74) is 3.29. The van der Waals surface area contributed by atoms with E-state index in [0.29, 0.717) is 11.6 Å². The number of anilines is 2. The van der Waals surface area contributed by atoms with Gasteiger partial charge in [-0.15, -0.1) is 0 Å². The summed E-state index contributed by atoms with van der Waals surface area (Å²) in [6.45, 7) is 2.02. The van der Waals surface area contributed by atoms with E-state index < -0.39 is 0 Å². The summed E-state index contributed by atoms with van der Waals surface area (Å²) in [7, 11) is 1.63. The molecule has 0 atom stereocenters. The number of methoxy groups -OCH3 is 1. The summed E-state index contributed by atoms with van der Waals surface area (Å²) in [4.78, 5) is 16.2. The lowest BCUT2D eigenvalue weighted by Crippen LogP contribution is -2.25. The molecule has 0 unspecified atom stereocenters. The van der Waals surface area contributed by atoms with E-state index in [1.54, 1.807) is 25.6 Å². The maximum atomic E-state index is 12.1. The van der Waals surface area contributed by atoms with Gasteiger partial charge >= 0.3 is 0 Å². The molecule has 1 heterocycles. The quantitative estimate of drug-likeness (QED) is 0.890. The van der Waals surface area contributed by atoms with E-state index in [2.05, 4.69) is 15.6 Å². The van der Waals surface area contributed by atoms with Crippen LogP contribution >= 0.6 is 0 Å². The summed E-state index contributed by atoms with van der Waals surface area (Å²) in [5, 5.41) is 6.22. The van der Waals surface area contributed by atoms with Gasteiger partial charge in [-0.2, -0.15) is 0 Å². The third-order valence-electron chi connectivity index (χ3n) is 3.55. The molecule has 1 aromatic heterocycles. The highest BCUT2D eigenvalue weighted by Crippen LogP contribution is 2.28. The molecule has 1 aliphatic carbocycles. The molecule has 114 valence electrons. The molecule has 2 aromatic rings. The molecular weight excluding hydrogens is 278 g/mol. The summed E-state index contributed by atoms with van der Waals surface area (Å²) in [6, 6.07) is 8.03. The van der Waals surface area contributed by atoms with Crippen LogP contribution in [0.2, 0.25) is 0 Å². The number of aryl methyl sites for hydroxylation is 1. The number of carbonyl (C=O) groups is 1. The zero-order chi connectivity index (χ0) is 15.5. The van der Waals surface area contributed by atoms with Crippen LogP contribution in [0.15, 0.2) is 36.7 Å². The Morgan fingerprint density at radius 3 is 2.82 bits per heavy atom. The number of nitrogens with zero attached hydrogens (tertiary/aromatic N) is 1. The maximum Gasteiger partial charge on any atom is 0.253 e. The Labute approximate surface area is 129 Å². The second kappa shape index (κ2) is 6.05. The summed E-state index contributed by atoms with van der Waals surface area (Å²) >= 11 is 0. The smallest absolute Gasteiger partial charge is 0.253 e. The molecule has 5 heteroatoms.